The van der Waals surface area contributed by atoms with Gasteiger partial charge in [0.05, 0.1) is 37.1 Å². The molecule has 46 heavy (non-hydrogen) atoms. The molecule has 0 radical (unpaired) electrons. The minimum Gasteiger partial charge on any atom is -0.493 e. The molecule has 7 rings (SSSR count). The summed E-state index contributed by atoms with van der Waals surface area (Å²) in [5, 5.41) is 0. The second-order valence-corrected chi connectivity index (χ2v) is 12.2. The lowest BCUT2D eigenvalue weighted by atomic mass is 9.83. The lowest BCUT2D eigenvalue weighted by Gasteiger charge is -2.31. The zero-order chi connectivity index (χ0) is 31.6. The smallest absolute Gasteiger partial charge is 0.271 e. The summed E-state index contributed by atoms with van der Waals surface area (Å²) in [6.45, 7) is 2.87. The quantitative estimate of drug-likeness (QED) is 0.191. The Kier molecular flexibility index (Phi) is 8.20. The number of thiazole rings is 1. The number of hydrogen-bond acceptors (Lipinski definition) is 7. The fourth-order valence-electron chi connectivity index (χ4n) is 6.23. The van der Waals surface area contributed by atoms with E-state index in [1.807, 2.05) is 90.4 Å². The summed E-state index contributed by atoms with van der Waals surface area (Å²) in [6, 6.07) is 29.8. The number of aryl methyl sites for hydroxylation is 1. The van der Waals surface area contributed by atoms with Gasteiger partial charge in [0.2, 0.25) is 0 Å². The zero-order valence-corrected chi connectivity index (χ0v) is 26.8. The van der Waals surface area contributed by atoms with E-state index in [0.29, 0.717) is 45.5 Å². The number of nitrogens with zero attached hydrogens (tertiary/aromatic N) is 2. The van der Waals surface area contributed by atoms with Gasteiger partial charge in [0.1, 0.15) is 6.61 Å². The molecule has 0 bridgehead atoms. The van der Waals surface area contributed by atoms with E-state index in [0.717, 1.165) is 46.4 Å². The summed E-state index contributed by atoms with van der Waals surface area (Å²) in [4.78, 5) is 20.1. The molecule has 0 N–H and O–H groups in total. The van der Waals surface area contributed by atoms with Crippen LogP contribution < -0.4 is 33.8 Å². The van der Waals surface area contributed by atoms with Crippen molar-refractivity contribution in [2.75, 3.05) is 20.8 Å². The minimum atomic E-state index is -0.325. The van der Waals surface area contributed by atoms with E-state index >= 15 is 0 Å². The molecule has 7 nitrogen and oxygen atoms in total. The van der Waals surface area contributed by atoms with Gasteiger partial charge < -0.3 is 18.9 Å². The first kappa shape index (κ1) is 29.6. The molecule has 0 unspecified atom stereocenters. The van der Waals surface area contributed by atoms with Crippen molar-refractivity contribution in [2.45, 2.75) is 32.4 Å². The molecule has 232 valence electrons. The first-order chi connectivity index (χ1) is 22.6. The van der Waals surface area contributed by atoms with Gasteiger partial charge in [-0.1, -0.05) is 78.1 Å². The van der Waals surface area contributed by atoms with Gasteiger partial charge in [0.25, 0.3) is 5.56 Å². The predicted octanol–water partition coefficient (Wildman–Crippen LogP) is 6.31. The normalized spacial score (nSPS) is 15.4. The molecule has 2 heterocycles. The highest BCUT2D eigenvalue weighted by atomic mass is 32.1. The number of rotatable bonds is 9. The summed E-state index contributed by atoms with van der Waals surface area (Å²) in [7, 11) is 3.25. The lowest BCUT2D eigenvalue weighted by molar-refractivity contribution is 0.269. The molecule has 0 fully saturated rings. The van der Waals surface area contributed by atoms with Crippen LogP contribution in [0.1, 0.15) is 47.2 Å². The fourth-order valence-corrected chi connectivity index (χ4v) is 7.23. The molecule has 5 aromatic rings. The van der Waals surface area contributed by atoms with Crippen molar-refractivity contribution < 1.29 is 18.9 Å². The molecule has 1 aliphatic heterocycles. The molecule has 1 aromatic heterocycles. The second kappa shape index (κ2) is 12.7. The van der Waals surface area contributed by atoms with Crippen molar-refractivity contribution in [1.82, 2.24) is 4.57 Å². The van der Waals surface area contributed by atoms with E-state index in [-0.39, 0.29) is 11.6 Å². The monoisotopic (exact) mass is 630 g/mol. The number of methoxy groups -OCH3 is 2. The summed E-state index contributed by atoms with van der Waals surface area (Å²) in [5.74, 6) is 2.55. The molecule has 0 saturated heterocycles. The predicted molar refractivity (Wildman–Crippen MR) is 181 cm³/mol. The average Bonchev–Trinajstić information content (AvgIpc) is 3.40. The molecule has 1 aliphatic carbocycles. The van der Waals surface area contributed by atoms with Crippen LogP contribution >= 0.6 is 11.3 Å². The molecule has 2 aliphatic rings. The van der Waals surface area contributed by atoms with Crippen LogP contribution in [0.15, 0.2) is 106 Å². The first-order valence-corrected chi connectivity index (χ1v) is 16.2. The molecule has 0 amide bonds. The Balaban J connectivity index is 1.34. The third-order valence-corrected chi connectivity index (χ3v) is 9.38. The molecule has 4 aromatic carbocycles. The molecule has 0 spiro atoms. The molecular weight excluding hydrogens is 596 g/mol. The van der Waals surface area contributed by atoms with Crippen LogP contribution in [-0.2, 0) is 13.0 Å². The molecule has 1 atom stereocenters. The van der Waals surface area contributed by atoms with E-state index in [9.17, 15) is 4.79 Å². The van der Waals surface area contributed by atoms with Crippen LogP contribution in [0.25, 0.3) is 11.8 Å². The van der Waals surface area contributed by atoms with Crippen LogP contribution in [0.2, 0.25) is 0 Å². The van der Waals surface area contributed by atoms with Crippen molar-refractivity contribution in [1.29, 1.82) is 0 Å². The van der Waals surface area contributed by atoms with Crippen LogP contribution in [0, 0.1) is 0 Å². The van der Waals surface area contributed by atoms with E-state index in [1.165, 1.54) is 16.9 Å². The van der Waals surface area contributed by atoms with Crippen LogP contribution in [0.5, 0.6) is 23.0 Å². The zero-order valence-electron chi connectivity index (χ0n) is 26.0. The second-order valence-electron chi connectivity index (χ2n) is 11.1. The van der Waals surface area contributed by atoms with Gasteiger partial charge >= 0.3 is 0 Å². The highest BCUT2D eigenvalue weighted by molar-refractivity contribution is 7.07. The van der Waals surface area contributed by atoms with E-state index in [2.05, 4.69) is 18.2 Å². The largest absolute Gasteiger partial charge is 0.493 e. The maximum absolute atomic E-state index is 14.3. The minimum absolute atomic E-state index is 0.0868. The third kappa shape index (κ3) is 5.49. The first-order valence-electron chi connectivity index (χ1n) is 15.4. The Morgan fingerprint density at radius 3 is 2.43 bits per heavy atom. The van der Waals surface area contributed by atoms with E-state index in [1.54, 1.807) is 14.2 Å². The Hall–Kier alpha value is -5.08. The maximum atomic E-state index is 14.3. The Labute approximate surface area is 271 Å². The van der Waals surface area contributed by atoms with Crippen molar-refractivity contribution in [3.05, 3.63) is 144 Å². The highest BCUT2D eigenvalue weighted by Crippen LogP contribution is 2.43. The van der Waals surface area contributed by atoms with Crippen molar-refractivity contribution in [2.24, 2.45) is 4.99 Å². The third-order valence-electron chi connectivity index (χ3n) is 8.40. The molecular formula is C38H34N2O5S. The molecule has 8 heteroatoms. The van der Waals surface area contributed by atoms with E-state index in [4.69, 9.17) is 23.9 Å². The van der Waals surface area contributed by atoms with Gasteiger partial charge in [-0.2, -0.15) is 0 Å². The van der Waals surface area contributed by atoms with Crippen LogP contribution in [0.3, 0.4) is 0 Å². The SMILES string of the molecule is CCOc1cc(/C=c2\sc3n(c2=O)[C@@H](c2ccc(OC)c(OC)c2)C2=C(N=3)c3ccccc3CC2)ccc1OCc1ccccc1. The van der Waals surface area contributed by atoms with Crippen molar-refractivity contribution >= 4 is 23.1 Å². The number of benzene rings is 4. The van der Waals surface area contributed by atoms with Crippen molar-refractivity contribution in [3.63, 3.8) is 0 Å². The fraction of sp³-hybridized carbons (Fsp3) is 0.211. The van der Waals surface area contributed by atoms with Crippen LogP contribution in [-0.4, -0.2) is 25.4 Å². The highest BCUT2D eigenvalue weighted by Gasteiger charge is 2.33. The Morgan fingerprint density at radius 2 is 1.63 bits per heavy atom. The van der Waals surface area contributed by atoms with E-state index < -0.39 is 0 Å². The average molecular weight is 631 g/mol. The summed E-state index contributed by atoms with van der Waals surface area (Å²) in [5.41, 5.74) is 7.26. The van der Waals surface area contributed by atoms with Gasteiger partial charge in [-0.3, -0.25) is 9.36 Å². The maximum Gasteiger partial charge on any atom is 0.271 e. The number of aromatic nitrogens is 1. The summed E-state index contributed by atoms with van der Waals surface area (Å²) >= 11 is 1.40. The lowest BCUT2D eigenvalue weighted by Crippen LogP contribution is -2.38. The number of fused-ring (bicyclic) bond motifs is 3. The van der Waals surface area contributed by atoms with Gasteiger partial charge in [-0.05, 0) is 77.9 Å². The number of allylic oxidation sites excluding steroid dienone is 1. The summed E-state index contributed by atoms with van der Waals surface area (Å²) in [6.07, 6.45) is 3.61. The van der Waals surface area contributed by atoms with Gasteiger partial charge in [0, 0.05) is 5.56 Å². The standard InChI is InChI=1S/C38H34N2O5S/c1-4-44-33-20-25(14-18-31(33)45-23-24-10-6-5-7-11-24)21-34-37(41)40-36(27-16-19-30(42-2)32(22-27)43-3)29-17-15-26-12-8-9-13-28(26)35(29)39-38(40)46-34/h5-14,16,18-22,36H,4,15,17,23H2,1-3H3/b34-21-/t36-/m0/s1. The van der Waals surface area contributed by atoms with Crippen LogP contribution in [0.4, 0.5) is 0 Å². The topological polar surface area (TPSA) is 71.3 Å². The Morgan fingerprint density at radius 1 is 0.848 bits per heavy atom. The van der Waals surface area contributed by atoms with Gasteiger partial charge in [0.15, 0.2) is 27.8 Å². The van der Waals surface area contributed by atoms with Gasteiger partial charge in [-0.25, -0.2) is 4.99 Å². The number of ether oxygens (including phenoxy) is 4. The van der Waals surface area contributed by atoms with Gasteiger partial charge in [-0.15, -0.1) is 0 Å². The number of hydrogen-bond donors (Lipinski definition) is 0. The Bertz CT molecular complexity index is 2130. The summed E-state index contributed by atoms with van der Waals surface area (Å²) < 4.78 is 25.7. The van der Waals surface area contributed by atoms with Crippen molar-refractivity contribution in [3.8, 4) is 23.0 Å². The molecule has 0 saturated carbocycles.